The number of hydrogen-bond donors (Lipinski definition) is 0. The van der Waals surface area contributed by atoms with Crippen molar-refractivity contribution >= 4 is 29.3 Å². The minimum atomic E-state index is -0.894. The highest BCUT2D eigenvalue weighted by molar-refractivity contribution is 8.01. The molecule has 4 rings (SSSR count). The van der Waals surface area contributed by atoms with Crippen molar-refractivity contribution in [1.82, 2.24) is 4.90 Å². The Morgan fingerprint density at radius 2 is 1.88 bits per heavy atom. The van der Waals surface area contributed by atoms with Crippen LogP contribution in [0.25, 0.3) is 0 Å². The Kier molecular flexibility index (Phi) is 4.27. The molecule has 0 N–H and O–H groups in total. The van der Waals surface area contributed by atoms with Gasteiger partial charge in [0, 0.05) is 24.3 Å². The van der Waals surface area contributed by atoms with Crippen molar-refractivity contribution in [1.29, 1.82) is 0 Å². The molecule has 1 fully saturated rings. The fourth-order valence-corrected chi connectivity index (χ4v) is 5.33. The van der Waals surface area contributed by atoms with Gasteiger partial charge in [0.05, 0.1) is 12.2 Å². The molecule has 2 aromatic rings. The van der Waals surface area contributed by atoms with E-state index in [-0.39, 0.29) is 11.8 Å². The minimum Gasteiger partial charge on any atom is -0.315 e. The number of thioether (sulfide) groups is 1. The molecule has 0 aromatic heterocycles. The molecule has 0 radical (unpaired) electrons. The molecule has 1 saturated heterocycles. The van der Waals surface area contributed by atoms with E-state index in [1.54, 1.807) is 16.7 Å². The smallest absolute Gasteiger partial charge is 0.268 e. The molecule has 0 bridgehead atoms. The molecule has 2 aliphatic heterocycles. The van der Waals surface area contributed by atoms with E-state index in [4.69, 9.17) is 0 Å². The van der Waals surface area contributed by atoms with Gasteiger partial charge in [-0.05, 0) is 18.6 Å². The number of benzene rings is 2. The summed E-state index contributed by atoms with van der Waals surface area (Å²) in [5.41, 5.74) is 4.15. The fourth-order valence-electron chi connectivity index (χ4n) is 3.85. The lowest BCUT2D eigenvalue weighted by molar-refractivity contribution is -0.139. The summed E-state index contributed by atoms with van der Waals surface area (Å²) in [5.74, 6) is 0.823. The number of para-hydroxylation sites is 1. The van der Waals surface area contributed by atoms with Gasteiger partial charge >= 0.3 is 0 Å². The van der Waals surface area contributed by atoms with Gasteiger partial charge in [0.15, 0.2) is 4.87 Å². The molecule has 2 amide bonds. The van der Waals surface area contributed by atoms with Crippen LogP contribution >= 0.6 is 11.8 Å². The van der Waals surface area contributed by atoms with Gasteiger partial charge in [0.1, 0.15) is 0 Å². The van der Waals surface area contributed by atoms with E-state index >= 15 is 0 Å². The third kappa shape index (κ3) is 2.45. The summed E-state index contributed by atoms with van der Waals surface area (Å²) in [6, 6.07) is 16.2. The van der Waals surface area contributed by atoms with E-state index in [0.29, 0.717) is 19.5 Å². The van der Waals surface area contributed by atoms with Gasteiger partial charge in [-0.2, -0.15) is 0 Å². The minimum absolute atomic E-state index is 0.00331. The van der Waals surface area contributed by atoms with Crippen molar-refractivity contribution in [3.8, 4) is 0 Å². The predicted octanol–water partition coefficient (Wildman–Crippen LogP) is 3.68. The number of fused-ring (bicyclic) bond motifs is 2. The van der Waals surface area contributed by atoms with E-state index in [0.717, 1.165) is 22.6 Å². The van der Waals surface area contributed by atoms with Crippen molar-refractivity contribution in [2.24, 2.45) is 0 Å². The molecule has 5 heteroatoms. The summed E-state index contributed by atoms with van der Waals surface area (Å²) < 4.78 is 0. The number of anilines is 1. The Bertz CT molecular complexity index is 865. The zero-order chi connectivity index (χ0) is 18.3. The topological polar surface area (TPSA) is 40.6 Å². The summed E-state index contributed by atoms with van der Waals surface area (Å²) in [5, 5.41) is 0. The Labute approximate surface area is 158 Å². The van der Waals surface area contributed by atoms with Gasteiger partial charge in [-0.15, -0.1) is 11.8 Å². The van der Waals surface area contributed by atoms with Crippen molar-refractivity contribution in [2.75, 3.05) is 17.2 Å². The Balaban J connectivity index is 1.78. The number of carbonyl (C=O) groups excluding carboxylic acids is 2. The molecule has 26 heavy (non-hydrogen) atoms. The van der Waals surface area contributed by atoms with Crippen molar-refractivity contribution in [3.63, 3.8) is 0 Å². The number of aryl methyl sites for hydroxylation is 1. The second-order valence-corrected chi connectivity index (χ2v) is 8.07. The van der Waals surface area contributed by atoms with Gasteiger partial charge in [-0.25, -0.2) is 0 Å². The van der Waals surface area contributed by atoms with E-state index in [2.05, 4.69) is 31.2 Å². The molecule has 2 aromatic carbocycles. The molecule has 134 valence electrons. The van der Waals surface area contributed by atoms with Crippen molar-refractivity contribution in [3.05, 3.63) is 65.2 Å². The van der Waals surface area contributed by atoms with Gasteiger partial charge in [-0.1, -0.05) is 55.0 Å². The van der Waals surface area contributed by atoms with Gasteiger partial charge < -0.3 is 9.80 Å². The number of carbonyl (C=O) groups is 2. The summed E-state index contributed by atoms with van der Waals surface area (Å²) >= 11 is 1.59. The maximum Gasteiger partial charge on any atom is 0.268 e. The molecule has 2 heterocycles. The van der Waals surface area contributed by atoms with Crippen LogP contribution < -0.4 is 4.90 Å². The maximum absolute atomic E-state index is 13.6. The van der Waals surface area contributed by atoms with E-state index in [1.165, 1.54) is 5.56 Å². The lowest BCUT2D eigenvalue weighted by Crippen LogP contribution is -2.50. The van der Waals surface area contributed by atoms with Crippen LogP contribution in [0.2, 0.25) is 0 Å². The molecule has 1 atom stereocenters. The van der Waals surface area contributed by atoms with Crippen molar-refractivity contribution < 1.29 is 9.59 Å². The predicted molar refractivity (Wildman–Crippen MR) is 105 cm³/mol. The van der Waals surface area contributed by atoms with Gasteiger partial charge in [0.25, 0.3) is 5.91 Å². The molecule has 1 spiro atoms. The van der Waals surface area contributed by atoms with E-state index in [9.17, 15) is 9.59 Å². The Morgan fingerprint density at radius 1 is 1.15 bits per heavy atom. The lowest BCUT2D eigenvalue weighted by Gasteiger charge is -2.33. The SMILES string of the molecule is CCC(=O)N1CCS[C@]12C(=O)N(Cc1ccc(C)cc1)c1ccccc12. The van der Waals surface area contributed by atoms with Crippen LogP contribution in [0, 0.1) is 6.92 Å². The first-order valence-corrected chi connectivity index (χ1v) is 9.98. The van der Waals surface area contributed by atoms with Crippen LogP contribution in [0.4, 0.5) is 5.69 Å². The first kappa shape index (κ1) is 17.2. The third-order valence-electron chi connectivity index (χ3n) is 5.17. The number of nitrogens with zero attached hydrogens (tertiary/aromatic N) is 2. The van der Waals surface area contributed by atoms with Crippen LogP contribution in [-0.2, 0) is 21.0 Å². The summed E-state index contributed by atoms with van der Waals surface area (Å²) in [4.78, 5) is 28.9. The molecule has 0 unspecified atom stereocenters. The first-order valence-electron chi connectivity index (χ1n) is 8.99. The van der Waals surface area contributed by atoms with E-state index < -0.39 is 4.87 Å². The standard InChI is InChI=1S/C21H22N2O2S/c1-3-19(24)23-12-13-26-21(23)17-6-4-5-7-18(17)22(20(21)25)14-16-10-8-15(2)9-11-16/h4-11H,3,12-14H2,1-2H3/t21-/m1/s1. The zero-order valence-corrected chi connectivity index (χ0v) is 15.9. The van der Waals surface area contributed by atoms with Crippen molar-refractivity contribution in [2.45, 2.75) is 31.7 Å². The second kappa shape index (κ2) is 6.47. The average Bonchev–Trinajstić information content (AvgIpc) is 3.20. The summed E-state index contributed by atoms with van der Waals surface area (Å²) in [6.07, 6.45) is 0.412. The molecule has 0 aliphatic carbocycles. The van der Waals surface area contributed by atoms with Crippen LogP contribution in [0.5, 0.6) is 0 Å². The summed E-state index contributed by atoms with van der Waals surface area (Å²) in [6.45, 7) is 5.05. The van der Waals surface area contributed by atoms with Crippen LogP contribution in [0.3, 0.4) is 0 Å². The molecular weight excluding hydrogens is 344 g/mol. The Morgan fingerprint density at radius 3 is 2.62 bits per heavy atom. The fraction of sp³-hybridized carbons (Fsp3) is 0.333. The zero-order valence-electron chi connectivity index (χ0n) is 15.1. The molecular formula is C21H22N2O2S. The van der Waals surface area contributed by atoms with Crippen LogP contribution in [0.1, 0.15) is 30.0 Å². The van der Waals surface area contributed by atoms with Gasteiger partial charge in [-0.3, -0.25) is 9.59 Å². The molecule has 2 aliphatic rings. The highest BCUT2D eigenvalue weighted by atomic mass is 32.2. The Hall–Kier alpha value is -2.27. The van der Waals surface area contributed by atoms with Gasteiger partial charge in [0.2, 0.25) is 5.91 Å². The third-order valence-corrected chi connectivity index (χ3v) is 6.59. The first-order chi connectivity index (χ1) is 12.6. The largest absolute Gasteiger partial charge is 0.315 e. The number of hydrogen-bond acceptors (Lipinski definition) is 3. The quantitative estimate of drug-likeness (QED) is 0.832. The maximum atomic E-state index is 13.6. The molecule has 0 saturated carbocycles. The normalized spacial score (nSPS) is 21.5. The highest BCUT2D eigenvalue weighted by Gasteiger charge is 2.58. The molecule has 4 nitrogen and oxygen atoms in total. The number of rotatable bonds is 3. The van der Waals surface area contributed by atoms with E-state index in [1.807, 2.05) is 36.1 Å². The van der Waals surface area contributed by atoms with Crippen LogP contribution in [-0.4, -0.2) is 29.0 Å². The highest BCUT2D eigenvalue weighted by Crippen LogP contribution is 2.54. The average molecular weight is 366 g/mol. The van der Waals surface area contributed by atoms with Crippen LogP contribution in [0.15, 0.2) is 48.5 Å². The lowest BCUT2D eigenvalue weighted by atomic mass is 10.1. The number of amides is 2. The monoisotopic (exact) mass is 366 g/mol. The summed E-state index contributed by atoms with van der Waals surface area (Å²) in [7, 11) is 0. The second-order valence-electron chi connectivity index (χ2n) is 6.79.